The number of hydrogen-bond donors (Lipinski definition) is 1. The van der Waals surface area contributed by atoms with E-state index in [0.29, 0.717) is 12.1 Å². The molecule has 0 radical (unpaired) electrons. The Morgan fingerprint density at radius 1 is 1.29 bits per heavy atom. The lowest BCUT2D eigenvalue weighted by molar-refractivity contribution is 0.701. The van der Waals surface area contributed by atoms with Crippen molar-refractivity contribution < 1.29 is 0 Å². The van der Waals surface area contributed by atoms with E-state index < -0.39 is 0 Å². The molecule has 1 N–H and O–H groups in total. The van der Waals surface area contributed by atoms with E-state index in [-0.39, 0.29) is 5.56 Å². The first-order chi connectivity index (χ1) is 8.18. The first kappa shape index (κ1) is 11.4. The van der Waals surface area contributed by atoms with Crippen LogP contribution in [0.25, 0.3) is 0 Å². The van der Waals surface area contributed by atoms with Crippen LogP contribution in [0.5, 0.6) is 0 Å². The minimum atomic E-state index is -0.0666. The summed E-state index contributed by atoms with van der Waals surface area (Å²) in [6, 6.07) is 10.0. The molecule has 0 aliphatic heterocycles. The second-order valence-corrected chi connectivity index (χ2v) is 3.95. The fourth-order valence-electron chi connectivity index (χ4n) is 1.62. The summed E-state index contributed by atoms with van der Waals surface area (Å²) in [5.41, 5.74) is 2.59. The average molecular weight is 229 g/mol. The number of benzene rings is 1. The number of hydrogen-bond acceptors (Lipinski definition) is 3. The molecule has 2 aromatic rings. The van der Waals surface area contributed by atoms with Crippen LogP contribution in [-0.4, -0.2) is 9.78 Å². The van der Waals surface area contributed by atoms with Crippen LogP contribution in [-0.2, 0) is 13.6 Å². The zero-order valence-corrected chi connectivity index (χ0v) is 9.97. The van der Waals surface area contributed by atoms with Gasteiger partial charge in [-0.05, 0) is 12.5 Å². The molecule has 0 fully saturated rings. The molecule has 0 atom stereocenters. The van der Waals surface area contributed by atoms with Crippen molar-refractivity contribution in [2.24, 2.45) is 7.05 Å². The highest BCUT2D eigenvalue weighted by Gasteiger charge is 2.04. The summed E-state index contributed by atoms with van der Waals surface area (Å²) >= 11 is 0. The van der Waals surface area contributed by atoms with Gasteiger partial charge in [-0.3, -0.25) is 4.79 Å². The van der Waals surface area contributed by atoms with Gasteiger partial charge < -0.3 is 5.32 Å². The SMILES string of the molecule is Cc1c(NCc2ccccc2)cnn(C)c1=O. The van der Waals surface area contributed by atoms with Crippen LogP contribution in [0.1, 0.15) is 11.1 Å². The molecule has 1 aromatic carbocycles. The molecule has 0 bridgehead atoms. The van der Waals surface area contributed by atoms with Crippen LogP contribution >= 0.6 is 0 Å². The van der Waals surface area contributed by atoms with Gasteiger partial charge in [0.05, 0.1) is 11.9 Å². The Kier molecular flexibility index (Phi) is 3.23. The molecule has 0 saturated carbocycles. The summed E-state index contributed by atoms with van der Waals surface area (Å²) in [6.45, 7) is 2.49. The highest BCUT2D eigenvalue weighted by Crippen LogP contribution is 2.09. The first-order valence-corrected chi connectivity index (χ1v) is 5.49. The molecule has 0 amide bonds. The van der Waals surface area contributed by atoms with Crippen molar-refractivity contribution in [2.75, 3.05) is 5.32 Å². The van der Waals surface area contributed by atoms with Crippen LogP contribution < -0.4 is 10.9 Å². The van der Waals surface area contributed by atoms with E-state index in [1.165, 1.54) is 10.2 Å². The number of aromatic nitrogens is 2. The van der Waals surface area contributed by atoms with Gasteiger partial charge in [-0.15, -0.1) is 0 Å². The van der Waals surface area contributed by atoms with Gasteiger partial charge in [-0.25, -0.2) is 4.68 Å². The van der Waals surface area contributed by atoms with Gasteiger partial charge >= 0.3 is 0 Å². The highest BCUT2D eigenvalue weighted by atomic mass is 16.1. The lowest BCUT2D eigenvalue weighted by atomic mass is 10.2. The van der Waals surface area contributed by atoms with Crippen LogP contribution in [0, 0.1) is 6.92 Å². The largest absolute Gasteiger partial charge is 0.379 e. The van der Waals surface area contributed by atoms with Crippen molar-refractivity contribution in [1.82, 2.24) is 9.78 Å². The topological polar surface area (TPSA) is 46.9 Å². The number of nitrogens with one attached hydrogen (secondary N) is 1. The van der Waals surface area contributed by atoms with Crippen molar-refractivity contribution in [1.29, 1.82) is 0 Å². The fourth-order valence-corrected chi connectivity index (χ4v) is 1.62. The monoisotopic (exact) mass is 229 g/mol. The average Bonchev–Trinajstić information content (AvgIpc) is 2.36. The van der Waals surface area contributed by atoms with E-state index in [9.17, 15) is 4.79 Å². The van der Waals surface area contributed by atoms with E-state index in [1.54, 1.807) is 20.2 Å². The summed E-state index contributed by atoms with van der Waals surface area (Å²) in [7, 11) is 1.65. The van der Waals surface area contributed by atoms with Gasteiger partial charge in [0.1, 0.15) is 0 Å². The van der Waals surface area contributed by atoms with E-state index >= 15 is 0 Å². The molecule has 2 rings (SSSR count). The Morgan fingerprint density at radius 3 is 2.71 bits per heavy atom. The number of anilines is 1. The standard InChI is InChI=1S/C13H15N3O/c1-10-12(9-15-16(2)13(10)17)14-8-11-6-4-3-5-7-11/h3-7,9,14H,8H2,1-2H3. The predicted molar refractivity (Wildman–Crippen MR) is 68.0 cm³/mol. The molecule has 4 heteroatoms. The van der Waals surface area contributed by atoms with Crippen LogP contribution in [0.3, 0.4) is 0 Å². The zero-order valence-electron chi connectivity index (χ0n) is 9.97. The molecule has 17 heavy (non-hydrogen) atoms. The zero-order chi connectivity index (χ0) is 12.3. The van der Waals surface area contributed by atoms with E-state index in [4.69, 9.17) is 0 Å². The van der Waals surface area contributed by atoms with Gasteiger partial charge in [0.2, 0.25) is 0 Å². The summed E-state index contributed by atoms with van der Waals surface area (Å²) in [4.78, 5) is 11.7. The minimum absolute atomic E-state index is 0.0666. The smallest absolute Gasteiger partial charge is 0.271 e. The number of nitrogens with zero attached hydrogens (tertiary/aromatic N) is 2. The van der Waals surface area contributed by atoms with Crippen molar-refractivity contribution >= 4 is 5.69 Å². The van der Waals surface area contributed by atoms with Gasteiger partial charge in [-0.2, -0.15) is 5.10 Å². The molecule has 0 aliphatic carbocycles. The van der Waals surface area contributed by atoms with Gasteiger partial charge in [-0.1, -0.05) is 30.3 Å². The predicted octanol–water partition coefficient (Wildman–Crippen LogP) is 1.70. The second kappa shape index (κ2) is 4.82. The third-order valence-corrected chi connectivity index (χ3v) is 2.70. The molecular formula is C13H15N3O. The third-order valence-electron chi connectivity index (χ3n) is 2.70. The Bertz CT molecular complexity index is 561. The second-order valence-electron chi connectivity index (χ2n) is 3.95. The fraction of sp³-hybridized carbons (Fsp3) is 0.231. The Balaban J connectivity index is 2.15. The van der Waals surface area contributed by atoms with E-state index in [2.05, 4.69) is 10.4 Å². The lowest BCUT2D eigenvalue weighted by Gasteiger charge is -2.09. The third kappa shape index (κ3) is 2.53. The van der Waals surface area contributed by atoms with Crippen molar-refractivity contribution in [3.63, 3.8) is 0 Å². The van der Waals surface area contributed by atoms with Crippen molar-refractivity contribution in [2.45, 2.75) is 13.5 Å². The van der Waals surface area contributed by atoms with Crippen molar-refractivity contribution in [3.05, 3.63) is 58.0 Å². The molecule has 1 aromatic heterocycles. The van der Waals surface area contributed by atoms with E-state index in [0.717, 1.165) is 5.69 Å². The lowest BCUT2D eigenvalue weighted by Crippen LogP contribution is -2.23. The summed E-state index contributed by atoms with van der Waals surface area (Å²) in [5.74, 6) is 0. The molecule has 1 heterocycles. The minimum Gasteiger partial charge on any atom is -0.379 e. The van der Waals surface area contributed by atoms with Gasteiger partial charge in [0.15, 0.2) is 0 Å². The summed E-state index contributed by atoms with van der Waals surface area (Å²) in [5, 5.41) is 7.21. The molecule has 0 saturated heterocycles. The molecule has 0 aliphatic rings. The maximum absolute atomic E-state index is 11.7. The Morgan fingerprint density at radius 2 is 2.00 bits per heavy atom. The molecule has 0 spiro atoms. The number of rotatable bonds is 3. The van der Waals surface area contributed by atoms with Crippen LogP contribution in [0.15, 0.2) is 41.3 Å². The maximum Gasteiger partial charge on any atom is 0.271 e. The molecule has 88 valence electrons. The Labute approximate surface area is 99.9 Å². The summed E-state index contributed by atoms with van der Waals surface area (Å²) < 4.78 is 1.34. The first-order valence-electron chi connectivity index (χ1n) is 5.49. The molecule has 0 unspecified atom stereocenters. The Hall–Kier alpha value is -2.10. The molecular weight excluding hydrogens is 214 g/mol. The molecule has 4 nitrogen and oxygen atoms in total. The van der Waals surface area contributed by atoms with Gasteiger partial charge in [0.25, 0.3) is 5.56 Å². The summed E-state index contributed by atoms with van der Waals surface area (Å²) in [6.07, 6.45) is 1.68. The van der Waals surface area contributed by atoms with E-state index in [1.807, 2.05) is 30.3 Å². The number of aryl methyl sites for hydroxylation is 1. The van der Waals surface area contributed by atoms with Crippen LogP contribution in [0.2, 0.25) is 0 Å². The maximum atomic E-state index is 11.7. The van der Waals surface area contributed by atoms with Crippen molar-refractivity contribution in [3.8, 4) is 0 Å². The highest BCUT2D eigenvalue weighted by molar-refractivity contribution is 5.47. The quantitative estimate of drug-likeness (QED) is 0.871. The van der Waals surface area contributed by atoms with Crippen LogP contribution in [0.4, 0.5) is 5.69 Å². The van der Waals surface area contributed by atoms with Gasteiger partial charge in [0, 0.05) is 19.2 Å². The normalized spacial score (nSPS) is 10.2.